The molecule has 2 aromatic heterocycles. The highest BCUT2D eigenvalue weighted by atomic mass is 32.2. The summed E-state index contributed by atoms with van der Waals surface area (Å²) in [5, 5.41) is 8.20. The standard InChI is InChI=1S/C12H14N2O3S3/c1-4-18-11-13-14-12(20-11)19-6-8-5-9(7(2)17-8)10(15)16-3/h5H,4,6H2,1-3H3. The van der Waals surface area contributed by atoms with Crippen LogP contribution < -0.4 is 0 Å². The minimum absolute atomic E-state index is 0.375. The normalized spacial score (nSPS) is 10.8. The molecule has 0 saturated heterocycles. The van der Waals surface area contributed by atoms with Gasteiger partial charge in [-0.25, -0.2) is 4.79 Å². The summed E-state index contributed by atoms with van der Waals surface area (Å²) in [6, 6.07) is 1.72. The van der Waals surface area contributed by atoms with Gasteiger partial charge in [-0.2, -0.15) is 0 Å². The molecule has 2 rings (SSSR count). The summed E-state index contributed by atoms with van der Waals surface area (Å²) < 4.78 is 12.1. The minimum atomic E-state index is -0.375. The van der Waals surface area contributed by atoms with Crippen LogP contribution in [0.2, 0.25) is 0 Å². The Bertz CT molecular complexity index is 595. The van der Waals surface area contributed by atoms with Gasteiger partial charge >= 0.3 is 5.97 Å². The number of rotatable bonds is 6. The summed E-state index contributed by atoms with van der Waals surface area (Å²) in [4.78, 5) is 11.5. The monoisotopic (exact) mass is 330 g/mol. The van der Waals surface area contributed by atoms with E-state index in [2.05, 4.69) is 17.1 Å². The van der Waals surface area contributed by atoms with Gasteiger partial charge in [0.25, 0.3) is 0 Å². The fourth-order valence-corrected chi connectivity index (χ4v) is 4.30. The van der Waals surface area contributed by atoms with Crippen LogP contribution in [0.3, 0.4) is 0 Å². The van der Waals surface area contributed by atoms with Crippen LogP contribution in [0.15, 0.2) is 19.2 Å². The molecule has 108 valence electrons. The van der Waals surface area contributed by atoms with Crippen molar-refractivity contribution in [3.63, 3.8) is 0 Å². The molecule has 0 N–H and O–H groups in total. The third kappa shape index (κ3) is 3.77. The number of carbonyl (C=O) groups is 1. The second-order valence-corrected chi connectivity index (χ2v) is 7.44. The number of methoxy groups -OCH3 is 1. The Morgan fingerprint density at radius 3 is 2.75 bits per heavy atom. The summed E-state index contributed by atoms with van der Waals surface area (Å²) in [6.45, 7) is 3.83. The van der Waals surface area contributed by atoms with Crippen LogP contribution in [-0.4, -0.2) is 29.0 Å². The van der Waals surface area contributed by atoms with Gasteiger partial charge in [-0.05, 0) is 18.7 Å². The molecule has 2 heterocycles. The van der Waals surface area contributed by atoms with E-state index in [-0.39, 0.29) is 5.97 Å². The molecule has 0 bridgehead atoms. The maximum Gasteiger partial charge on any atom is 0.341 e. The van der Waals surface area contributed by atoms with Gasteiger partial charge < -0.3 is 9.15 Å². The van der Waals surface area contributed by atoms with Crippen LogP contribution in [-0.2, 0) is 10.5 Å². The van der Waals surface area contributed by atoms with Gasteiger partial charge in [0.2, 0.25) is 0 Å². The van der Waals surface area contributed by atoms with Crippen LogP contribution in [0.4, 0.5) is 0 Å². The topological polar surface area (TPSA) is 65.2 Å². The number of esters is 1. The van der Waals surface area contributed by atoms with E-state index in [0.717, 1.165) is 20.2 Å². The average Bonchev–Trinajstić information content (AvgIpc) is 3.03. The molecule has 0 saturated carbocycles. The first kappa shape index (κ1) is 15.4. The van der Waals surface area contributed by atoms with E-state index < -0.39 is 0 Å². The minimum Gasteiger partial charge on any atom is -0.465 e. The lowest BCUT2D eigenvalue weighted by Crippen LogP contribution is -2.00. The van der Waals surface area contributed by atoms with Gasteiger partial charge in [-0.15, -0.1) is 10.2 Å². The van der Waals surface area contributed by atoms with Gasteiger partial charge in [0, 0.05) is 0 Å². The Morgan fingerprint density at radius 2 is 2.10 bits per heavy atom. The molecule has 0 amide bonds. The van der Waals surface area contributed by atoms with E-state index in [1.54, 1.807) is 47.9 Å². The lowest BCUT2D eigenvalue weighted by Gasteiger charge is -1.93. The Balaban J connectivity index is 1.98. The average molecular weight is 330 g/mol. The van der Waals surface area contributed by atoms with Gasteiger partial charge in [-0.3, -0.25) is 0 Å². The van der Waals surface area contributed by atoms with E-state index in [1.165, 1.54) is 7.11 Å². The van der Waals surface area contributed by atoms with Crippen molar-refractivity contribution in [1.82, 2.24) is 10.2 Å². The second kappa shape index (κ2) is 7.14. The molecule has 0 aliphatic heterocycles. The van der Waals surface area contributed by atoms with E-state index >= 15 is 0 Å². The SMILES string of the molecule is CCSc1nnc(SCc2cc(C(=O)OC)c(C)o2)s1. The fraction of sp³-hybridized carbons (Fsp3) is 0.417. The number of ether oxygens (including phenoxy) is 1. The number of thioether (sulfide) groups is 2. The van der Waals surface area contributed by atoms with E-state index in [1.807, 2.05) is 0 Å². The number of hydrogen-bond acceptors (Lipinski definition) is 8. The highest BCUT2D eigenvalue weighted by Gasteiger charge is 2.16. The van der Waals surface area contributed by atoms with Crippen molar-refractivity contribution in [2.24, 2.45) is 0 Å². The molecule has 2 aromatic rings. The predicted octanol–water partition coefficient (Wildman–Crippen LogP) is 3.63. The zero-order chi connectivity index (χ0) is 14.5. The summed E-state index contributed by atoms with van der Waals surface area (Å²) in [7, 11) is 1.36. The molecule has 0 atom stereocenters. The van der Waals surface area contributed by atoms with Crippen molar-refractivity contribution in [2.45, 2.75) is 28.3 Å². The summed E-state index contributed by atoms with van der Waals surface area (Å²) >= 11 is 4.79. The van der Waals surface area contributed by atoms with Crippen LogP contribution in [0.1, 0.15) is 28.8 Å². The van der Waals surface area contributed by atoms with Gasteiger partial charge in [-0.1, -0.05) is 41.8 Å². The number of hydrogen-bond donors (Lipinski definition) is 0. The Kier molecular flexibility index (Phi) is 5.50. The van der Waals surface area contributed by atoms with Crippen molar-refractivity contribution < 1.29 is 13.9 Å². The Labute approximate surface area is 129 Å². The van der Waals surface area contributed by atoms with Gasteiger partial charge in [0.05, 0.1) is 12.9 Å². The largest absolute Gasteiger partial charge is 0.465 e. The Morgan fingerprint density at radius 1 is 1.40 bits per heavy atom. The highest BCUT2D eigenvalue weighted by molar-refractivity contribution is 8.02. The van der Waals surface area contributed by atoms with Crippen LogP contribution >= 0.6 is 34.9 Å². The van der Waals surface area contributed by atoms with Crippen LogP contribution in [0.5, 0.6) is 0 Å². The third-order valence-corrected chi connectivity index (χ3v) is 5.46. The smallest absolute Gasteiger partial charge is 0.341 e. The number of carbonyl (C=O) groups excluding carboxylic acids is 1. The van der Waals surface area contributed by atoms with Crippen molar-refractivity contribution in [2.75, 3.05) is 12.9 Å². The number of aryl methyl sites for hydroxylation is 1. The zero-order valence-electron chi connectivity index (χ0n) is 11.3. The highest BCUT2D eigenvalue weighted by Crippen LogP contribution is 2.31. The van der Waals surface area contributed by atoms with Crippen LogP contribution in [0.25, 0.3) is 0 Å². The molecule has 0 radical (unpaired) electrons. The van der Waals surface area contributed by atoms with E-state index in [4.69, 9.17) is 9.15 Å². The molecule has 0 unspecified atom stereocenters. The quantitative estimate of drug-likeness (QED) is 0.592. The molecule has 0 aliphatic rings. The number of furan rings is 1. The lowest BCUT2D eigenvalue weighted by molar-refractivity contribution is 0.0599. The zero-order valence-corrected chi connectivity index (χ0v) is 13.8. The van der Waals surface area contributed by atoms with Gasteiger partial charge in [0.15, 0.2) is 8.68 Å². The molecule has 0 fully saturated rings. The molecule has 0 aromatic carbocycles. The summed E-state index contributed by atoms with van der Waals surface area (Å²) in [5.41, 5.74) is 0.475. The lowest BCUT2D eigenvalue weighted by atomic mass is 10.2. The Hall–Kier alpha value is -0.990. The first-order chi connectivity index (χ1) is 9.63. The molecule has 0 spiro atoms. The molecule has 8 heteroatoms. The molecule has 20 heavy (non-hydrogen) atoms. The van der Waals surface area contributed by atoms with E-state index in [0.29, 0.717) is 17.1 Å². The first-order valence-corrected chi connectivity index (χ1v) is 8.69. The van der Waals surface area contributed by atoms with Gasteiger partial charge in [0.1, 0.15) is 17.1 Å². The summed E-state index contributed by atoms with van der Waals surface area (Å²) in [6.07, 6.45) is 0. The van der Waals surface area contributed by atoms with Crippen molar-refractivity contribution in [3.8, 4) is 0 Å². The maximum atomic E-state index is 11.5. The predicted molar refractivity (Wildman–Crippen MR) is 80.7 cm³/mol. The molecule has 5 nitrogen and oxygen atoms in total. The fourth-order valence-electron chi connectivity index (χ4n) is 1.50. The summed E-state index contributed by atoms with van der Waals surface area (Å²) in [5.74, 6) is 2.53. The maximum absolute atomic E-state index is 11.5. The van der Waals surface area contributed by atoms with E-state index in [9.17, 15) is 4.79 Å². The number of aromatic nitrogens is 2. The van der Waals surface area contributed by atoms with Crippen molar-refractivity contribution in [3.05, 3.63) is 23.2 Å². The van der Waals surface area contributed by atoms with Crippen molar-refractivity contribution in [1.29, 1.82) is 0 Å². The molecule has 0 aliphatic carbocycles. The van der Waals surface area contributed by atoms with Crippen molar-refractivity contribution >= 4 is 40.8 Å². The molecular formula is C12H14N2O3S3. The first-order valence-electron chi connectivity index (χ1n) is 5.90. The van der Waals surface area contributed by atoms with Crippen LogP contribution in [0, 0.1) is 6.92 Å². The molecular weight excluding hydrogens is 316 g/mol. The second-order valence-electron chi connectivity index (χ2n) is 3.73. The number of nitrogens with zero attached hydrogens (tertiary/aromatic N) is 2. The third-order valence-electron chi connectivity index (χ3n) is 2.37.